The molecule has 3 heterocycles. The molecule has 0 saturated heterocycles. The van der Waals surface area contributed by atoms with E-state index in [-0.39, 0.29) is 11.5 Å². The Morgan fingerprint density at radius 1 is 1.07 bits per heavy atom. The molecule has 0 radical (unpaired) electrons. The molecule has 1 amide bonds. The lowest BCUT2D eigenvalue weighted by Crippen LogP contribution is -2.46. The molecule has 3 aromatic rings. The average Bonchev–Trinajstić information content (AvgIpc) is 3.42. The van der Waals surface area contributed by atoms with Crippen LogP contribution < -0.4 is 5.32 Å². The van der Waals surface area contributed by atoms with Gasteiger partial charge in [-0.1, -0.05) is 53.2 Å². The van der Waals surface area contributed by atoms with Crippen LogP contribution >= 0.6 is 0 Å². The van der Waals surface area contributed by atoms with E-state index >= 15 is 0 Å². The van der Waals surface area contributed by atoms with Crippen LogP contribution in [0.25, 0.3) is 0 Å². The first-order valence-electron chi connectivity index (χ1n) is 8.93. The Labute approximate surface area is 160 Å². The van der Waals surface area contributed by atoms with Gasteiger partial charge in [0.2, 0.25) is 5.78 Å². The first-order chi connectivity index (χ1) is 13.6. The summed E-state index contributed by atoms with van der Waals surface area (Å²) in [6.45, 7) is 1.98. The SMILES string of the molecule is Cc1ccc(C2=NO[C@@]3(C(=O)Nc4ccccc43)[C@H]2C(=O)c2ccco2)cc1. The van der Waals surface area contributed by atoms with Crippen LogP contribution in [0.2, 0.25) is 0 Å². The summed E-state index contributed by atoms with van der Waals surface area (Å²) >= 11 is 0. The number of furan rings is 1. The van der Waals surface area contributed by atoms with Crippen LogP contribution in [-0.4, -0.2) is 17.4 Å². The fourth-order valence-electron chi connectivity index (χ4n) is 3.86. The highest BCUT2D eigenvalue weighted by Gasteiger charge is 2.63. The normalized spacial score (nSPS) is 22.5. The van der Waals surface area contributed by atoms with E-state index < -0.39 is 17.4 Å². The van der Waals surface area contributed by atoms with E-state index in [0.717, 1.165) is 11.1 Å². The van der Waals surface area contributed by atoms with Gasteiger partial charge >= 0.3 is 0 Å². The number of amides is 1. The third-order valence-corrected chi connectivity index (χ3v) is 5.25. The van der Waals surface area contributed by atoms with Gasteiger partial charge in [0.25, 0.3) is 11.5 Å². The Bertz CT molecular complexity index is 1120. The molecular weight excluding hydrogens is 356 g/mol. The molecule has 0 unspecified atom stereocenters. The van der Waals surface area contributed by atoms with Crippen LogP contribution in [0.15, 0.2) is 76.5 Å². The highest BCUT2D eigenvalue weighted by atomic mass is 16.7. The van der Waals surface area contributed by atoms with Crippen LogP contribution in [-0.2, 0) is 15.2 Å². The molecule has 0 aliphatic carbocycles. The minimum Gasteiger partial charge on any atom is -0.461 e. The monoisotopic (exact) mass is 372 g/mol. The molecule has 0 saturated carbocycles. The second-order valence-corrected chi connectivity index (χ2v) is 6.94. The molecular formula is C22H16N2O4. The predicted octanol–water partition coefficient (Wildman–Crippen LogP) is 3.67. The molecule has 2 aliphatic heterocycles. The van der Waals surface area contributed by atoms with Crippen LogP contribution in [0.4, 0.5) is 5.69 Å². The number of Topliss-reactive ketones (excluding diaryl/α,β-unsaturated/α-hetero) is 1. The van der Waals surface area contributed by atoms with Gasteiger partial charge in [-0.2, -0.15) is 0 Å². The van der Waals surface area contributed by atoms with Crippen LogP contribution in [0.5, 0.6) is 0 Å². The largest absolute Gasteiger partial charge is 0.461 e. The molecule has 2 aromatic carbocycles. The third-order valence-electron chi connectivity index (χ3n) is 5.25. The van der Waals surface area contributed by atoms with E-state index in [1.807, 2.05) is 43.3 Å². The van der Waals surface area contributed by atoms with E-state index in [4.69, 9.17) is 9.25 Å². The second kappa shape index (κ2) is 5.92. The first-order valence-corrected chi connectivity index (χ1v) is 8.93. The fourth-order valence-corrected chi connectivity index (χ4v) is 3.86. The van der Waals surface area contributed by atoms with Crippen molar-refractivity contribution >= 4 is 23.1 Å². The molecule has 1 N–H and O–H groups in total. The van der Waals surface area contributed by atoms with Gasteiger partial charge in [-0.15, -0.1) is 0 Å². The third kappa shape index (κ3) is 2.18. The van der Waals surface area contributed by atoms with Gasteiger partial charge in [-0.25, -0.2) is 0 Å². The summed E-state index contributed by atoms with van der Waals surface area (Å²) in [5.74, 6) is -1.57. The van der Waals surface area contributed by atoms with Crippen molar-refractivity contribution in [3.8, 4) is 0 Å². The molecule has 138 valence electrons. The predicted molar refractivity (Wildman–Crippen MR) is 102 cm³/mol. The summed E-state index contributed by atoms with van der Waals surface area (Å²) in [5, 5.41) is 7.05. The average molecular weight is 372 g/mol. The van der Waals surface area contributed by atoms with Gasteiger partial charge in [-0.05, 0) is 25.1 Å². The van der Waals surface area contributed by atoms with Crippen molar-refractivity contribution < 1.29 is 18.8 Å². The minimum atomic E-state index is -1.55. The van der Waals surface area contributed by atoms with E-state index in [0.29, 0.717) is 17.0 Å². The molecule has 5 rings (SSSR count). The van der Waals surface area contributed by atoms with Gasteiger partial charge in [-0.3, -0.25) is 9.59 Å². The topological polar surface area (TPSA) is 80.9 Å². The lowest BCUT2D eigenvalue weighted by atomic mass is 9.75. The van der Waals surface area contributed by atoms with Crippen molar-refractivity contribution in [3.05, 3.63) is 89.4 Å². The molecule has 1 spiro atoms. The van der Waals surface area contributed by atoms with Crippen molar-refractivity contribution in [1.29, 1.82) is 0 Å². The maximum Gasteiger partial charge on any atom is 0.277 e. The number of para-hydroxylation sites is 1. The van der Waals surface area contributed by atoms with Crippen LogP contribution in [0.3, 0.4) is 0 Å². The number of nitrogens with one attached hydrogen (secondary N) is 1. The zero-order chi connectivity index (χ0) is 19.3. The van der Waals surface area contributed by atoms with Gasteiger partial charge in [0, 0.05) is 16.8 Å². The van der Waals surface area contributed by atoms with Gasteiger partial charge < -0.3 is 14.6 Å². The first kappa shape index (κ1) is 16.5. The molecule has 0 bridgehead atoms. The summed E-state index contributed by atoms with van der Waals surface area (Å²) in [6, 6.07) is 18.0. The van der Waals surface area contributed by atoms with Crippen molar-refractivity contribution in [2.75, 3.05) is 5.32 Å². The molecule has 1 aromatic heterocycles. The summed E-state index contributed by atoms with van der Waals surface area (Å²) < 4.78 is 5.35. The highest BCUT2D eigenvalue weighted by molar-refractivity contribution is 6.24. The van der Waals surface area contributed by atoms with Crippen molar-refractivity contribution in [2.24, 2.45) is 11.1 Å². The van der Waals surface area contributed by atoms with Crippen molar-refractivity contribution in [1.82, 2.24) is 0 Å². The van der Waals surface area contributed by atoms with Crippen LogP contribution in [0, 0.1) is 12.8 Å². The zero-order valence-corrected chi connectivity index (χ0v) is 15.0. The molecule has 6 heteroatoms. The Kier molecular flexibility index (Phi) is 3.49. The number of oxime groups is 1. The maximum absolute atomic E-state index is 13.4. The number of hydrogen-bond acceptors (Lipinski definition) is 5. The number of rotatable bonds is 3. The van der Waals surface area contributed by atoms with Gasteiger partial charge in [0.05, 0.1) is 6.26 Å². The Balaban J connectivity index is 1.70. The Morgan fingerprint density at radius 3 is 2.61 bits per heavy atom. The fraction of sp³-hybridized carbons (Fsp3) is 0.136. The number of hydrogen-bond donors (Lipinski definition) is 1. The van der Waals surface area contributed by atoms with E-state index in [1.54, 1.807) is 24.3 Å². The number of anilines is 1. The van der Waals surface area contributed by atoms with Crippen molar-refractivity contribution in [2.45, 2.75) is 12.5 Å². The number of carbonyl (C=O) groups excluding carboxylic acids is 2. The quantitative estimate of drug-likeness (QED) is 0.712. The zero-order valence-electron chi connectivity index (χ0n) is 15.0. The summed E-state index contributed by atoms with van der Waals surface area (Å²) in [7, 11) is 0. The van der Waals surface area contributed by atoms with E-state index in [1.165, 1.54) is 6.26 Å². The number of benzene rings is 2. The number of carbonyl (C=O) groups is 2. The molecule has 0 fully saturated rings. The number of fused-ring (bicyclic) bond motifs is 2. The molecule has 6 nitrogen and oxygen atoms in total. The van der Waals surface area contributed by atoms with Crippen LogP contribution in [0.1, 0.15) is 27.2 Å². The van der Waals surface area contributed by atoms with E-state index in [2.05, 4.69) is 10.5 Å². The number of aryl methyl sites for hydroxylation is 1. The smallest absolute Gasteiger partial charge is 0.277 e. The summed E-state index contributed by atoms with van der Waals surface area (Å²) in [5.41, 5.74) is 1.87. The lowest BCUT2D eigenvalue weighted by Gasteiger charge is -2.26. The Morgan fingerprint density at radius 2 is 1.86 bits per heavy atom. The van der Waals surface area contributed by atoms with Gasteiger partial charge in [0.15, 0.2) is 5.76 Å². The number of nitrogens with zero attached hydrogens (tertiary/aromatic N) is 1. The maximum atomic E-state index is 13.4. The van der Waals surface area contributed by atoms with Gasteiger partial charge in [0.1, 0.15) is 11.6 Å². The highest BCUT2D eigenvalue weighted by Crippen LogP contribution is 2.49. The molecule has 2 atom stereocenters. The standard InChI is InChI=1S/C22H16N2O4/c1-13-8-10-14(11-9-13)19-18(20(25)17-7-4-12-27-17)22(28-24-19)15-5-2-3-6-16(15)23-21(22)26/h2-12,18H,1H3,(H,23,26)/t18-,22-/m1/s1. The second-order valence-electron chi connectivity index (χ2n) is 6.94. The summed E-state index contributed by atoms with van der Waals surface area (Å²) in [6.07, 6.45) is 1.43. The molecule has 2 aliphatic rings. The summed E-state index contributed by atoms with van der Waals surface area (Å²) in [4.78, 5) is 32.3. The minimum absolute atomic E-state index is 0.159. The van der Waals surface area contributed by atoms with Crippen molar-refractivity contribution in [3.63, 3.8) is 0 Å². The number of ketones is 1. The lowest BCUT2D eigenvalue weighted by molar-refractivity contribution is -0.140. The molecule has 28 heavy (non-hydrogen) atoms. The Hall–Kier alpha value is -3.67. The van der Waals surface area contributed by atoms with E-state index in [9.17, 15) is 9.59 Å².